The summed E-state index contributed by atoms with van der Waals surface area (Å²) in [6.07, 6.45) is 4.39. The summed E-state index contributed by atoms with van der Waals surface area (Å²) in [5.74, 6) is -0.555. The molecule has 1 aromatic carbocycles. The summed E-state index contributed by atoms with van der Waals surface area (Å²) in [6, 6.07) is 0. The fourth-order valence-corrected chi connectivity index (χ4v) is 3.87. The number of hydrogen-bond acceptors (Lipinski definition) is 7. The van der Waals surface area contributed by atoms with Gasteiger partial charge in [0.2, 0.25) is 0 Å². The van der Waals surface area contributed by atoms with Crippen LogP contribution in [0.2, 0.25) is 0 Å². The Kier molecular flexibility index (Phi) is 4.48. The monoisotopic (exact) mass is 347 g/mol. The number of phenols is 2. The Morgan fingerprint density at radius 3 is 2.50 bits per heavy atom. The topological polar surface area (TPSA) is 107 Å². The number of aromatic nitrogens is 2. The normalized spacial score (nSPS) is 14.6. The van der Waals surface area contributed by atoms with Gasteiger partial charge < -0.3 is 20.2 Å². The molecule has 1 aromatic heterocycles. The molecule has 0 bridgehead atoms. The first kappa shape index (κ1) is 16.4. The Labute approximate surface area is 143 Å². The standard InChI is InChI=1S/C16H17N3O4S/c1-9-11(10-8-17-2-3-18-10)12(16(22)23)14(20)15(21)13(9)19-4-6-24-7-5-19/h2-3,8,20-21H,4-7H2,1H3,(H,22,23). The van der Waals surface area contributed by atoms with Crippen LogP contribution in [0.4, 0.5) is 5.69 Å². The van der Waals surface area contributed by atoms with E-state index in [1.54, 1.807) is 6.92 Å². The van der Waals surface area contributed by atoms with Crippen LogP contribution in [0.25, 0.3) is 11.3 Å². The fraction of sp³-hybridized carbons (Fsp3) is 0.312. The first-order valence-corrected chi connectivity index (χ1v) is 8.58. The third-order valence-corrected chi connectivity index (χ3v) is 4.97. The van der Waals surface area contributed by atoms with E-state index >= 15 is 0 Å². The van der Waals surface area contributed by atoms with Gasteiger partial charge in [-0.2, -0.15) is 11.8 Å². The second-order valence-electron chi connectivity index (χ2n) is 5.42. The molecular formula is C16H17N3O4S. The van der Waals surface area contributed by atoms with E-state index < -0.39 is 17.5 Å². The van der Waals surface area contributed by atoms with Crippen LogP contribution in [-0.4, -0.2) is 55.9 Å². The number of aromatic carboxylic acids is 1. The maximum atomic E-state index is 11.7. The average Bonchev–Trinajstić information content (AvgIpc) is 2.59. The van der Waals surface area contributed by atoms with Crippen molar-refractivity contribution >= 4 is 23.4 Å². The molecule has 24 heavy (non-hydrogen) atoms. The predicted octanol–water partition coefficient (Wildman–Crippen LogP) is 2.11. The van der Waals surface area contributed by atoms with Crippen molar-refractivity contribution in [2.24, 2.45) is 0 Å². The third kappa shape index (κ3) is 2.73. The van der Waals surface area contributed by atoms with Crippen LogP contribution < -0.4 is 4.90 Å². The average molecular weight is 347 g/mol. The van der Waals surface area contributed by atoms with Crippen LogP contribution >= 0.6 is 11.8 Å². The number of carbonyl (C=O) groups is 1. The molecule has 0 atom stereocenters. The van der Waals surface area contributed by atoms with Crippen LogP contribution in [0.15, 0.2) is 18.6 Å². The summed E-state index contributed by atoms with van der Waals surface area (Å²) in [7, 11) is 0. The molecule has 1 fully saturated rings. The smallest absolute Gasteiger partial charge is 0.340 e. The van der Waals surface area contributed by atoms with E-state index in [0.717, 1.165) is 11.5 Å². The van der Waals surface area contributed by atoms with Gasteiger partial charge in [0.1, 0.15) is 5.56 Å². The van der Waals surface area contributed by atoms with Crippen LogP contribution in [0.5, 0.6) is 11.5 Å². The lowest BCUT2D eigenvalue weighted by molar-refractivity contribution is 0.0693. The molecule has 2 heterocycles. The van der Waals surface area contributed by atoms with Gasteiger partial charge in [-0.25, -0.2) is 4.79 Å². The highest BCUT2D eigenvalue weighted by atomic mass is 32.2. The zero-order chi connectivity index (χ0) is 17.3. The highest BCUT2D eigenvalue weighted by Crippen LogP contribution is 2.47. The van der Waals surface area contributed by atoms with Crippen LogP contribution in [0, 0.1) is 6.92 Å². The molecular weight excluding hydrogens is 330 g/mol. The second kappa shape index (κ2) is 6.56. The van der Waals surface area contributed by atoms with E-state index in [1.165, 1.54) is 18.6 Å². The number of phenolic OH excluding ortho intramolecular Hbond substituents is 1. The van der Waals surface area contributed by atoms with Crippen LogP contribution in [-0.2, 0) is 0 Å². The number of thioether (sulfide) groups is 1. The molecule has 0 amide bonds. The van der Waals surface area contributed by atoms with Crippen molar-refractivity contribution in [3.8, 4) is 22.8 Å². The number of benzene rings is 1. The molecule has 3 rings (SSSR count). The molecule has 1 aliphatic heterocycles. The Bertz CT molecular complexity index is 777. The van der Waals surface area contributed by atoms with Gasteiger partial charge >= 0.3 is 5.97 Å². The Hall–Kier alpha value is -2.48. The van der Waals surface area contributed by atoms with E-state index in [9.17, 15) is 20.1 Å². The van der Waals surface area contributed by atoms with Gasteiger partial charge in [-0.1, -0.05) is 0 Å². The van der Waals surface area contributed by atoms with Crippen molar-refractivity contribution in [3.63, 3.8) is 0 Å². The van der Waals surface area contributed by atoms with Crippen molar-refractivity contribution in [2.45, 2.75) is 6.92 Å². The van der Waals surface area contributed by atoms with E-state index in [-0.39, 0.29) is 11.1 Å². The van der Waals surface area contributed by atoms with Crippen molar-refractivity contribution < 1.29 is 20.1 Å². The maximum absolute atomic E-state index is 11.7. The van der Waals surface area contributed by atoms with Gasteiger partial charge in [-0.3, -0.25) is 9.97 Å². The summed E-state index contributed by atoms with van der Waals surface area (Å²) in [5.41, 5.74) is 1.28. The lowest BCUT2D eigenvalue weighted by atomic mass is 9.95. The maximum Gasteiger partial charge on any atom is 0.340 e. The van der Waals surface area contributed by atoms with Crippen LogP contribution in [0.3, 0.4) is 0 Å². The molecule has 126 valence electrons. The molecule has 0 spiro atoms. The number of nitrogens with zero attached hydrogens (tertiary/aromatic N) is 3. The van der Waals surface area contributed by atoms with E-state index in [0.29, 0.717) is 30.0 Å². The quantitative estimate of drug-likeness (QED) is 0.725. The Morgan fingerprint density at radius 2 is 1.92 bits per heavy atom. The largest absolute Gasteiger partial charge is 0.504 e. The molecule has 0 radical (unpaired) electrons. The van der Waals surface area contributed by atoms with Gasteiger partial charge in [0, 0.05) is 42.6 Å². The van der Waals surface area contributed by atoms with Crippen molar-refractivity contribution in [1.82, 2.24) is 9.97 Å². The SMILES string of the molecule is Cc1c(-c2cnccn2)c(C(=O)O)c(O)c(O)c1N1CCSCC1. The minimum absolute atomic E-state index is 0.277. The molecule has 0 aliphatic carbocycles. The molecule has 1 aliphatic rings. The van der Waals surface area contributed by atoms with Crippen molar-refractivity contribution in [1.29, 1.82) is 0 Å². The number of carboxylic acid groups (broad SMARTS) is 1. The lowest BCUT2D eigenvalue weighted by Gasteiger charge is -2.31. The van der Waals surface area contributed by atoms with Crippen LogP contribution in [0.1, 0.15) is 15.9 Å². The predicted molar refractivity (Wildman–Crippen MR) is 92.0 cm³/mol. The summed E-state index contributed by atoms with van der Waals surface area (Å²) < 4.78 is 0. The molecule has 7 nitrogen and oxygen atoms in total. The first-order chi connectivity index (χ1) is 11.5. The number of hydrogen-bond donors (Lipinski definition) is 3. The van der Waals surface area contributed by atoms with Crippen molar-refractivity contribution in [3.05, 3.63) is 29.7 Å². The first-order valence-electron chi connectivity index (χ1n) is 7.43. The van der Waals surface area contributed by atoms with E-state index in [4.69, 9.17) is 0 Å². The molecule has 3 N–H and O–H groups in total. The Balaban J connectivity index is 2.29. The van der Waals surface area contributed by atoms with Gasteiger partial charge in [-0.05, 0) is 12.5 Å². The Morgan fingerprint density at radius 1 is 1.21 bits per heavy atom. The zero-order valence-corrected chi connectivity index (χ0v) is 13.9. The summed E-state index contributed by atoms with van der Waals surface area (Å²) >= 11 is 1.82. The minimum atomic E-state index is -1.33. The van der Waals surface area contributed by atoms with Gasteiger partial charge in [0.15, 0.2) is 11.5 Å². The third-order valence-electron chi connectivity index (χ3n) is 4.03. The minimum Gasteiger partial charge on any atom is -0.504 e. The number of anilines is 1. The highest BCUT2D eigenvalue weighted by Gasteiger charge is 2.30. The number of rotatable bonds is 3. The van der Waals surface area contributed by atoms with Gasteiger partial charge in [0.05, 0.1) is 17.6 Å². The summed E-state index contributed by atoms with van der Waals surface area (Å²) in [4.78, 5) is 21.8. The number of aromatic hydroxyl groups is 2. The highest BCUT2D eigenvalue weighted by molar-refractivity contribution is 7.99. The zero-order valence-electron chi connectivity index (χ0n) is 13.1. The molecule has 0 saturated carbocycles. The number of carboxylic acids is 1. The van der Waals surface area contributed by atoms with E-state index in [1.807, 2.05) is 16.7 Å². The molecule has 1 saturated heterocycles. The molecule has 2 aromatic rings. The second-order valence-corrected chi connectivity index (χ2v) is 6.64. The van der Waals surface area contributed by atoms with Gasteiger partial charge in [-0.15, -0.1) is 0 Å². The fourth-order valence-electron chi connectivity index (χ4n) is 2.96. The van der Waals surface area contributed by atoms with Gasteiger partial charge in [0.25, 0.3) is 0 Å². The summed E-state index contributed by atoms with van der Waals surface area (Å²) in [5, 5.41) is 30.3. The van der Waals surface area contributed by atoms with E-state index in [2.05, 4.69) is 9.97 Å². The molecule has 8 heteroatoms. The summed E-state index contributed by atoms with van der Waals surface area (Å²) in [6.45, 7) is 3.16. The molecule has 0 unspecified atom stereocenters. The van der Waals surface area contributed by atoms with Crippen molar-refractivity contribution in [2.75, 3.05) is 29.5 Å². The lowest BCUT2D eigenvalue weighted by Crippen LogP contribution is -2.33.